The Morgan fingerprint density at radius 3 is 2.54 bits per heavy atom. The molecule has 0 unspecified atom stereocenters. The standard InChI is InChI=1S/C23H22N2O3/c1-2-28-23(27)19-9-12-25(13-10-19)21-7-8-22(20(15-21)11-14-26)18-5-3-17(16-24)4-6-18/h3-8,11,15,19H,2,9-10,12-13H2,1H3. The molecule has 0 aromatic heterocycles. The minimum absolute atomic E-state index is 0.0385. The van der Waals surface area contributed by atoms with E-state index < -0.39 is 0 Å². The predicted molar refractivity (Wildman–Crippen MR) is 108 cm³/mol. The summed E-state index contributed by atoms with van der Waals surface area (Å²) < 4.78 is 5.13. The molecule has 1 heterocycles. The van der Waals surface area contributed by atoms with Crippen LogP contribution in [0.5, 0.6) is 0 Å². The first-order chi connectivity index (χ1) is 13.7. The molecule has 0 radical (unpaired) electrons. The fraction of sp³-hybridized carbons (Fsp3) is 0.304. The van der Waals surface area contributed by atoms with Gasteiger partial charge in [0, 0.05) is 24.9 Å². The average Bonchev–Trinajstić information content (AvgIpc) is 2.74. The van der Waals surface area contributed by atoms with Crippen LogP contribution in [0.1, 0.15) is 30.9 Å². The van der Waals surface area contributed by atoms with Gasteiger partial charge in [-0.15, -0.1) is 0 Å². The molecule has 142 valence electrons. The highest BCUT2D eigenvalue weighted by molar-refractivity contribution is 5.86. The number of piperidine rings is 1. The first-order valence-corrected chi connectivity index (χ1v) is 9.43. The van der Waals surface area contributed by atoms with Gasteiger partial charge in [0.25, 0.3) is 0 Å². The number of carbonyl (C=O) groups excluding carboxylic acids is 2. The molecule has 28 heavy (non-hydrogen) atoms. The lowest BCUT2D eigenvalue weighted by Gasteiger charge is -2.33. The van der Waals surface area contributed by atoms with Gasteiger partial charge in [-0.1, -0.05) is 18.2 Å². The number of anilines is 1. The number of carbonyl (C=O) groups is 1. The van der Waals surface area contributed by atoms with E-state index in [1.54, 1.807) is 12.1 Å². The lowest BCUT2D eigenvalue weighted by Crippen LogP contribution is -2.37. The van der Waals surface area contributed by atoms with Gasteiger partial charge >= 0.3 is 5.97 Å². The maximum Gasteiger partial charge on any atom is 0.309 e. The normalized spacial score (nSPS) is 14.1. The number of nitriles is 1. The van der Waals surface area contributed by atoms with Crippen LogP contribution >= 0.6 is 0 Å². The fourth-order valence-electron chi connectivity index (χ4n) is 3.55. The summed E-state index contributed by atoms with van der Waals surface area (Å²) in [6.07, 6.45) is 2.95. The van der Waals surface area contributed by atoms with Crippen molar-refractivity contribution >= 4 is 23.7 Å². The van der Waals surface area contributed by atoms with Crippen LogP contribution in [0, 0.1) is 17.2 Å². The van der Waals surface area contributed by atoms with Crippen molar-refractivity contribution in [2.75, 3.05) is 24.6 Å². The first-order valence-electron chi connectivity index (χ1n) is 9.43. The second kappa shape index (κ2) is 9.03. The van der Waals surface area contributed by atoms with Gasteiger partial charge in [-0.05, 0) is 60.7 Å². The van der Waals surface area contributed by atoms with Crippen molar-refractivity contribution in [2.45, 2.75) is 19.8 Å². The predicted octanol–water partition coefficient (Wildman–Crippen LogP) is 3.85. The lowest BCUT2D eigenvalue weighted by molar-refractivity contribution is -0.148. The lowest BCUT2D eigenvalue weighted by atomic mass is 9.95. The van der Waals surface area contributed by atoms with Crippen LogP contribution in [-0.4, -0.2) is 31.6 Å². The number of esters is 1. The van der Waals surface area contributed by atoms with Gasteiger partial charge in [0.2, 0.25) is 0 Å². The Kier molecular flexibility index (Phi) is 6.26. The first kappa shape index (κ1) is 19.4. The van der Waals surface area contributed by atoms with E-state index in [0.29, 0.717) is 12.2 Å². The fourth-order valence-corrected chi connectivity index (χ4v) is 3.55. The molecule has 0 atom stereocenters. The molecule has 0 bridgehead atoms. The van der Waals surface area contributed by atoms with Crippen molar-refractivity contribution in [2.24, 2.45) is 5.92 Å². The molecule has 0 amide bonds. The summed E-state index contributed by atoms with van der Waals surface area (Å²) >= 11 is 0. The van der Waals surface area contributed by atoms with E-state index in [9.17, 15) is 9.59 Å². The Hall–Kier alpha value is -3.35. The van der Waals surface area contributed by atoms with E-state index in [0.717, 1.165) is 48.3 Å². The van der Waals surface area contributed by atoms with Crippen LogP contribution < -0.4 is 4.90 Å². The van der Waals surface area contributed by atoms with Gasteiger partial charge in [-0.2, -0.15) is 5.26 Å². The van der Waals surface area contributed by atoms with Gasteiger partial charge in [0.1, 0.15) is 5.94 Å². The summed E-state index contributed by atoms with van der Waals surface area (Å²) in [5.74, 6) is 1.73. The zero-order valence-electron chi connectivity index (χ0n) is 15.9. The monoisotopic (exact) mass is 374 g/mol. The van der Waals surface area contributed by atoms with Crippen molar-refractivity contribution in [3.8, 4) is 17.2 Å². The van der Waals surface area contributed by atoms with Gasteiger partial charge in [-0.3, -0.25) is 4.79 Å². The highest BCUT2D eigenvalue weighted by atomic mass is 16.5. The number of hydrogen-bond donors (Lipinski definition) is 0. The van der Waals surface area contributed by atoms with E-state index in [4.69, 9.17) is 10.00 Å². The molecule has 2 aromatic carbocycles. The summed E-state index contributed by atoms with van der Waals surface area (Å²) in [6.45, 7) is 3.77. The van der Waals surface area contributed by atoms with E-state index in [1.165, 1.54) is 6.08 Å². The summed E-state index contributed by atoms with van der Waals surface area (Å²) in [6, 6.07) is 15.4. The van der Waals surface area contributed by atoms with Crippen LogP contribution in [0.25, 0.3) is 17.2 Å². The summed E-state index contributed by atoms with van der Waals surface area (Å²) in [7, 11) is 0. The van der Waals surface area contributed by atoms with E-state index in [-0.39, 0.29) is 11.9 Å². The molecule has 1 aliphatic heterocycles. The minimum Gasteiger partial charge on any atom is -0.466 e. The van der Waals surface area contributed by atoms with Gasteiger partial charge in [0.15, 0.2) is 0 Å². The van der Waals surface area contributed by atoms with Gasteiger partial charge in [-0.25, -0.2) is 4.79 Å². The molecule has 0 spiro atoms. The molecule has 0 saturated carbocycles. The smallest absolute Gasteiger partial charge is 0.309 e. The molecule has 1 saturated heterocycles. The highest BCUT2D eigenvalue weighted by Crippen LogP contribution is 2.31. The van der Waals surface area contributed by atoms with Crippen molar-refractivity contribution in [3.63, 3.8) is 0 Å². The molecule has 5 nitrogen and oxygen atoms in total. The Labute approximate surface area is 164 Å². The quantitative estimate of drug-likeness (QED) is 0.587. The number of hydrogen-bond acceptors (Lipinski definition) is 5. The van der Waals surface area contributed by atoms with E-state index in [2.05, 4.69) is 11.0 Å². The Balaban J connectivity index is 1.80. The van der Waals surface area contributed by atoms with Gasteiger partial charge in [0.05, 0.1) is 24.2 Å². The second-order valence-electron chi connectivity index (χ2n) is 6.74. The topological polar surface area (TPSA) is 70.4 Å². The molecule has 1 fully saturated rings. The van der Waals surface area contributed by atoms with Crippen LogP contribution in [-0.2, 0) is 14.3 Å². The van der Waals surface area contributed by atoms with Crippen molar-refractivity contribution in [3.05, 3.63) is 53.6 Å². The minimum atomic E-state index is -0.108. The summed E-state index contributed by atoms with van der Waals surface area (Å²) in [4.78, 5) is 25.2. The third kappa shape index (κ3) is 4.31. The molecular weight excluding hydrogens is 352 g/mol. The maximum absolute atomic E-state index is 11.9. The molecule has 2 aromatic rings. The zero-order chi connectivity index (χ0) is 19.9. The number of ether oxygens (including phenoxy) is 1. The Bertz CT molecular complexity index is 929. The third-order valence-corrected chi connectivity index (χ3v) is 5.05. The summed E-state index contributed by atoms with van der Waals surface area (Å²) in [5.41, 5.74) is 4.24. The summed E-state index contributed by atoms with van der Waals surface area (Å²) in [5, 5.41) is 8.96. The maximum atomic E-state index is 11.9. The third-order valence-electron chi connectivity index (χ3n) is 5.05. The van der Waals surface area contributed by atoms with Crippen molar-refractivity contribution in [1.82, 2.24) is 0 Å². The molecule has 0 N–H and O–H groups in total. The highest BCUT2D eigenvalue weighted by Gasteiger charge is 2.26. The van der Waals surface area contributed by atoms with Crippen LogP contribution in [0.3, 0.4) is 0 Å². The SMILES string of the molecule is CCOC(=O)C1CCN(c2ccc(-c3ccc(C#N)cc3)c(C=C=O)c2)CC1. The largest absolute Gasteiger partial charge is 0.466 e. The number of benzene rings is 2. The van der Waals surface area contributed by atoms with Crippen LogP contribution in [0.2, 0.25) is 0 Å². The van der Waals surface area contributed by atoms with E-state index >= 15 is 0 Å². The number of rotatable bonds is 5. The van der Waals surface area contributed by atoms with E-state index in [1.807, 2.05) is 43.2 Å². The average molecular weight is 374 g/mol. The number of nitrogens with zero attached hydrogens (tertiary/aromatic N) is 2. The Morgan fingerprint density at radius 2 is 1.93 bits per heavy atom. The van der Waals surface area contributed by atoms with Crippen LogP contribution in [0.15, 0.2) is 42.5 Å². The van der Waals surface area contributed by atoms with Crippen molar-refractivity contribution < 1.29 is 14.3 Å². The molecular formula is C23H22N2O3. The zero-order valence-corrected chi connectivity index (χ0v) is 15.9. The van der Waals surface area contributed by atoms with Crippen molar-refractivity contribution in [1.29, 1.82) is 5.26 Å². The Morgan fingerprint density at radius 1 is 1.21 bits per heavy atom. The molecule has 0 aliphatic carbocycles. The van der Waals surface area contributed by atoms with Gasteiger partial charge < -0.3 is 9.64 Å². The molecule has 3 rings (SSSR count). The molecule has 1 aliphatic rings. The van der Waals surface area contributed by atoms with Crippen LogP contribution in [0.4, 0.5) is 5.69 Å². The molecule has 5 heteroatoms. The second-order valence-corrected chi connectivity index (χ2v) is 6.74.